The van der Waals surface area contributed by atoms with Crippen LogP contribution in [0.1, 0.15) is 70.6 Å². The number of amides is 1. The summed E-state index contributed by atoms with van der Waals surface area (Å²) in [5.74, 6) is 0.952. The van der Waals surface area contributed by atoms with Crippen LogP contribution in [-0.2, 0) is 10.2 Å². The van der Waals surface area contributed by atoms with Gasteiger partial charge in [0.1, 0.15) is 11.5 Å². The molecule has 170 valence electrons. The first-order chi connectivity index (χ1) is 14.6. The molecule has 0 atom stereocenters. The van der Waals surface area contributed by atoms with Crippen molar-refractivity contribution in [3.8, 4) is 11.5 Å². The molecule has 2 aromatic carbocycles. The first kappa shape index (κ1) is 24.7. The summed E-state index contributed by atoms with van der Waals surface area (Å²) in [5.41, 5.74) is 5.33. The SMILES string of the molecule is CCC(CC)(c1ccc(OCC(=O)NO)cc1)c1ccc(OCCC(C)(C)C)c(C)c1. The zero-order chi connectivity index (χ0) is 23.1. The van der Waals surface area contributed by atoms with Crippen molar-refractivity contribution in [2.75, 3.05) is 13.2 Å². The van der Waals surface area contributed by atoms with Gasteiger partial charge in [-0.3, -0.25) is 10.0 Å². The number of carbonyl (C=O) groups is 1. The Morgan fingerprint density at radius 1 is 0.968 bits per heavy atom. The van der Waals surface area contributed by atoms with Crippen LogP contribution in [0.25, 0.3) is 0 Å². The van der Waals surface area contributed by atoms with Gasteiger partial charge in [0.2, 0.25) is 0 Å². The van der Waals surface area contributed by atoms with Crippen LogP contribution >= 0.6 is 0 Å². The molecule has 0 fully saturated rings. The fourth-order valence-electron chi connectivity index (χ4n) is 3.86. The Labute approximate surface area is 186 Å². The first-order valence-corrected chi connectivity index (χ1v) is 11.1. The largest absolute Gasteiger partial charge is 0.493 e. The Hall–Kier alpha value is -2.53. The van der Waals surface area contributed by atoms with Crippen molar-refractivity contribution >= 4 is 5.91 Å². The lowest BCUT2D eigenvalue weighted by molar-refractivity contribution is -0.131. The third-order valence-electron chi connectivity index (χ3n) is 5.95. The van der Waals surface area contributed by atoms with E-state index in [-0.39, 0.29) is 17.4 Å². The summed E-state index contributed by atoms with van der Waals surface area (Å²) in [5, 5.41) is 8.59. The predicted molar refractivity (Wildman–Crippen MR) is 124 cm³/mol. The van der Waals surface area contributed by atoms with Gasteiger partial charge in [-0.1, -0.05) is 58.9 Å². The third kappa shape index (κ3) is 6.47. The van der Waals surface area contributed by atoms with Crippen LogP contribution in [0.15, 0.2) is 42.5 Å². The number of hydrogen-bond donors (Lipinski definition) is 2. The highest BCUT2D eigenvalue weighted by atomic mass is 16.5. The lowest BCUT2D eigenvalue weighted by Gasteiger charge is -2.34. The van der Waals surface area contributed by atoms with Gasteiger partial charge in [0.05, 0.1) is 6.61 Å². The van der Waals surface area contributed by atoms with Gasteiger partial charge in [-0.15, -0.1) is 0 Å². The van der Waals surface area contributed by atoms with Crippen LogP contribution in [0, 0.1) is 12.3 Å². The van der Waals surface area contributed by atoms with Crippen molar-refractivity contribution in [1.29, 1.82) is 0 Å². The number of hydrogen-bond acceptors (Lipinski definition) is 4. The van der Waals surface area contributed by atoms with Crippen LogP contribution in [0.2, 0.25) is 0 Å². The maximum Gasteiger partial charge on any atom is 0.281 e. The smallest absolute Gasteiger partial charge is 0.281 e. The molecule has 0 radical (unpaired) electrons. The molecule has 2 aromatic rings. The average molecular weight is 428 g/mol. The number of rotatable bonds is 10. The first-order valence-electron chi connectivity index (χ1n) is 11.1. The van der Waals surface area contributed by atoms with Crippen LogP contribution in [-0.4, -0.2) is 24.3 Å². The van der Waals surface area contributed by atoms with E-state index in [1.165, 1.54) is 11.1 Å². The minimum atomic E-state index is -0.583. The molecule has 0 aromatic heterocycles. The maximum atomic E-state index is 11.2. The number of aryl methyl sites for hydroxylation is 1. The monoisotopic (exact) mass is 427 g/mol. The molecule has 0 spiro atoms. The molecule has 5 nitrogen and oxygen atoms in total. The number of hydroxylamine groups is 1. The summed E-state index contributed by atoms with van der Waals surface area (Å²) < 4.78 is 11.5. The van der Waals surface area contributed by atoms with Gasteiger partial charge >= 0.3 is 0 Å². The average Bonchev–Trinajstić information content (AvgIpc) is 2.74. The molecule has 1 amide bonds. The topological polar surface area (TPSA) is 67.8 Å². The van der Waals surface area contributed by atoms with E-state index in [9.17, 15) is 4.79 Å². The van der Waals surface area contributed by atoms with E-state index < -0.39 is 5.91 Å². The van der Waals surface area contributed by atoms with E-state index in [0.717, 1.165) is 30.6 Å². The summed E-state index contributed by atoms with van der Waals surface area (Å²) in [6.07, 6.45) is 2.93. The van der Waals surface area contributed by atoms with Gasteiger partial charge < -0.3 is 9.47 Å². The minimum Gasteiger partial charge on any atom is -0.493 e. The van der Waals surface area contributed by atoms with Crippen LogP contribution < -0.4 is 15.0 Å². The van der Waals surface area contributed by atoms with Crippen molar-refractivity contribution < 1.29 is 19.5 Å². The van der Waals surface area contributed by atoms with Crippen LogP contribution in [0.5, 0.6) is 11.5 Å². The molecule has 0 aliphatic rings. The molecule has 0 heterocycles. The Morgan fingerprint density at radius 2 is 1.58 bits per heavy atom. The number of benzene rings is 2. The van der Waals surface area contributed by atoms with Gasteiger partial charge in [-0.05, 0) is 66.5 Å². The fraction of sp³-hybridized carbons (Fsp3) is 0.500. The maximum absolute atomic E-state index is 11.2. The molecule has 2 rings (SSSR count). The third-order valence-corrected chi connectivity index (χ3v) is 5.95. The summed E-state index contributed by atoms with van der Waals surface area (Å²) in [4.78, 5) is 11.2. The lowest BCUT2D eigenvalue weighted by atomic mass is 9.70. The predicted octanol–water partition coefficient (Wildman–Crippen LogP) is 5.80. The number of carbonyl (C=O) groups excluding carboxylic acids is 1. The van der Waals surface area contributed by atoms with Crippen LogP contribution in [0.3, 0.4) is 0 Å². The van der Waals surface area contributed by atoms with Gasteiger partial charge in [0.25, 0.3) is 5.91 Å². The highest BCUT2D eigenvalue weighted by Gasteiger charge is 2.31. The second-order valence-corrected chi connectivity index (χ2v) is 9.28. The molecule has 31 heavy (non-hydrogen) atoms. The van der Waals surface area contributed by atoms with E-state index in [0.29, 0.717) is 12.4 Å². The Kier molecular flexibility index (Phi) is 8.52. The van der Waals surface area contributed by atoms with Crippen molar-refractivity contribution in [2.24, 2.45) is 5.41 Å². The summed E-state index contributed by atoms with van der Waals surface area (Å²) in [7, 11) is 0. The van der Waals surface area contributed by atoms with Gasteiger partial charge in [-0.2, -0.15) is 0 Å². The normalized spacial score (nSPS) is 11.8. The van der Waals surface area contributed by atoms with E-state index in [4.69, 9.17) is 14.7 Å². The van der Waals surface area contributed by atoms with Gasteiger partial charge in [0, 0.05) is 5.41 Å². The molecule has 5 heteroatoms. The van der Waals surface area contributed by atoms with Gasteiger partial charge in [-0.25, -0.2) is 5.48 Å². The van der Waals surface area contributed by atoms with Crippen molar-refractivity contribution in [3.05, 3.63) is 59.2 Å². The van der Waals surface area contributed by atoms with E-state index >= 15 is 0 Å². The number of nitrogens with one attached hydrogen (secondary N) is 1. The minimum absolute atomic E-state index is 0.115. The molecule has 2 N–H and O–H groups in total. The molecule has 0 saturated carbocycles. The zero-order valence-electron chi connectivity index (χ0n) is 19.7. The molecule has 0 aliphatic carbocycles. The second-order valence-electron chi connectivity index (χ2n) is 9.28. The molecule has 0 bridgehead atoms. The highest BCUT2D eigenvalue weighted by molar-refractivity contribution is 5.76. The van der Waals surface area contributed by atoms with E-state index in [1.54, 1.807) is 5.48 Å². The second kappa shape index (κ2) is 10.7. The Bertz CT molecular complexity index is 849. The summed E-state index contributed by atoms with van der Waals surface area (Å²) >= 11 is 0. The van der Waals surface area contributed by atoms with Crippen molar-refractivity contribution in [1.82, 2.24) is 5.48 Å². The molecule has 0 unspecified atom stereocenters. The lowest BCUT2D eigenvalue weighted by Crippen LogP contribution is -2.26. The molecular weight excluding hydrogens is 390 g/mol. The van der Waals surface area contributed by atoms with Crippen molar-refractivity contribution in [3.63, 3.8) is 0 Å². The Morgan fingerprint density at radius 3 is 2.10 bits per heavy atom. The number of ether oxygens (including phenoxy) is 2. The quantitative estimate of drug-likeness (QED) is 0.371. The summed E-state index contributed by atoms with van der Waals surface area (Å²) in [6.45, 7) is 13.7. The van der Waals surface area contributed by atoms with E-state index in [1.807, 2.05) is 12.1 Å². The standard InChI is InChI=1S/C26H37NO4/c1-7-26(8-2,20-9-12-22(13-10-20)31-18-24(28)27-29)21-11-14-23(19(3)17-21)30-16-15-25(4,5)6/h9-14,17,29H,7-8,15-16,18H2,1-6H3,(H,27,28). The van der Waals surface area contributed by atoms with E-state index in [2.05, 4.69) is 71.9 Å². The fourth-order valence-corrected chi connectivity index (χ4v) is 3.86. The van der Waals surface area contributed by atoms with Crippen molar-refractivity contribution in [2.45, 2.75) is 66.2 Å². The van der Waals surface area contributed by atoms with Crippen LogP contribution in [0.4, 0.5) is 0 Å². The molecule has 0 aliphatic heterocycles. The zero-order valence-corrected chi connectivity index (χ0v) is 19.7. The van der Waals surface area contributed by atoms with Gasteiger partial charge in [0.15, 0.2) is 6.61 Å². The summed E-state index contributed by atoms with van der Waals surface area (Å²) in [6, 6.07) is 14.4. The molecule has 0 saturated heterocycles. The Balaban J connectivity index is 2.23. The highest BCUT2D eigenvalue weighted by Crippen LogP contribution is 2.40. The molecular formula is C26H37NO4.